The van der Waals surface area contributed by atoms with Crippen LogP contribution in [0, 0.1) is 6.92 Å². The second-order valence-electron chi connectivity index (χ2n) is 5.35. The van der Waals surface area contributed by atoms with Crippen molar-refractivity contribution in [3.8, 4) is 0 Å². The zero-order valence-electron chi connectivity index (χ0n) is 12.7. The molecule has 8 nitrogen and oxygen atoms in total. The van der Waals surface area contributed by atoms with E-state index in [4.69, 9.17) is 0 Å². The zero-order chi connectivity index (χ0) is 15.7. The van der Waals surface area contributed by atoms with Gasteiger partial charge in [0.25, 0.3) is 5.91 Å². The third kappa shape index (κ3) is 2.94. The van der Waals surface area contributed by atoms with E-state index >= 15 is 0 Å². The van der Waals surface area contributed by atoms with Gasteiger partial charge in [0.05, 0.1) is 0 Å². The molecule has 3 rings (SSSR count). The van der Waals surface area contributed by atoms with Crippen LogP contribution in [0.5, 0.6) is 0 Å². The third-order valence-electron chi connectivity index (χ3n) is 3.81. The molecule has 1 fully saturated rings. The van der Waals surface area contributed by atoms with Crippen molar-refractivity contribution in [1.29, 1.82) is 0 Å². The van der Waals surface area contributed by atoms with Gasteiger partial charge in [-0.05, 0) is 6.92 Å². The maximum Gasteiger partial charge on any atom is 0.270 e. The van der Waals surface area contributed by atoms with Crippen LogP contribution in [0.25, 0.3) is 0 Å². The van der Waals surface area contributed by atoms with Gasteiger partial charge in [0.2, 0.25) is 11.0 Å². The van der Waals surface area contributed by atoms with Gasteiger partial charge in [0.15, 0.2) is 0 Å². The monoisotopic (exact) mass is 322 g/mol. The first-order valence-corrected chi connectivity index (χ1v) is 8.04. The second-order valence-corrected chi connectivity index (χ2v) is 6.51. The topological polar surface area (TPSA) is 82.0 Å². The second kappa shape index (κ2) is 5.99. The standard InChI is InChI=1S/C13H18N6O2S/c1-9-14-15-13(22-9)19-7-5-18(6-8-19)12(21)10-3-4-11(20)17(2)16-10/h3-8H2,1-2H3. The van der Waals surface area contributed by atoms with Crippen LogP contribution in [-0.2, 0) is 9.59 Å². The number of hydrazone groups is 1. The Balaban J connectivity index is 1.60. The molecule has 0 spiro atoms. The van der Waals surface area contributed by atoms with Gasteiger partial charge >= 0.3 is 0 Å². The van der Waals surface area contributed by atoms with Crippen molar-refractivity contribution in [2.45, 2.75) is 19.8 Å². The first-order valence-electron chi connectivity index (χ1n) is 7.23. The van der Waals surface area contributed by atoms with Gasteiger partial charge in [-0.2, -0.15) is 5.10 Å². The van der Waals surface area contributed by atoms with Gasteiger partial charge in [-0.25, -0.2) is 5.01 Å². The Bertz CT molecular complexity index is 620. The van der Waals surface area contributed by atoms with Crippen molar-refractivity contribution in [1.82, 2.24) is 20.1 Å². The number of aryl methyl sites for hydroxylation is 1. The summed E-state index contributed by atoms with van der Waals surface area (Å²) in [6, 6.07) is 0. The molecule has 1 saturated heterocycles. The van der Waals surface area contributed by atoms with Crippen LogP contribution < -0.4 is 4.90 Å². The predicted molar refractivity (Wildman–Crippen MR) is 82.9 cm³/mol. The molecule has 0 unspecified atom stereocenters. The van der Waals surface area contributed by atoms with Crippen LogP contribution in [0.4, 0.5) is 5.13 Å². The molecule has 3 heterocycles. The van der Waals surface area contributed by atoms with E-state index in [1.54, 1.807) is 23.3 Å². The summed E-state index contributed by atoms with van der Waals surface area (Å²) in [5, 5.41) is 15.4. The molecule has 1 aromatic rings. The number of amides is 2. The summed E-state index contributed by atoms with van der Waals surface area (Å²) in [6.45, 7) is 4.67. The number of carbonyl (C=O) groups excluding carboxylic acids is 2. The summed E-state index contributed by atoms with van der Waals surface area (Å²) < 4.78 is 0. The van der Waals surface area contributed by atoms with E-state index in [-0.39, 0.29) is 11.8 Å². The molecule has 118 valence electrons. The number of carbonyl (C=O) groups is 2. The maximum absolute atomic E-state index is 12.5. The fraction of sp³-hybridized carbons (Fsp3) is 0.615. The van der Waals surface area contributed by atoms with E-state index < -0.39 is 0 Å². The van der Waals surface area contributed by atoms with Crippen LogP contribution in [0.2, 0.25) is 0 Å². The molecule has 0 N–H and O–H groups in total. The lowest BCUT2D eigenvalue weighted by Gasteiger charge is -2.35. The van der Waals surface area contributed by atoms with Gasteiger partial charge in [-0.3, -0.25) is 9.59 Å². The Morgan fingerprint density at radius 3 is 2.45 bits per heavy atom. The average Bonchev–Trinajstić information content (AvgIpc) is 2.96. The first kappa shape index (κ1) is 14.9. The van der Waals surface area contributed by atoms with E-state index in [1.807, 2.05) is 6.92 Å². The van der Waals surface area contributed by atoms with Crippen LogP contribution in [0.3, 0.4) is 0 Å². The van der Waals surface area contributed by atoms with E-state index in [1.165, 1.54) is 5.01 Å². The fourth-order valence-corrected chi connectivity index (χ4v) is 3.26. The molecule has 1 aromatic heterocycles. The van der Waals surface area contributed by atoms with Gasteiger partial charge in [-0.15, -0.1) is 10.2 Å². The average molecular weight is 322 g/mol. The smallest absolute Gasteiger partial charge is 0.270 e. The van der Waals surface area contributed by atoms with Crippen LogP contribution in [0.1, 0.15) is 17.8 Å². The van der Waals surface area contributed by atoms with Crippen LogP contribution >= 0.6 is 11.3 Å². The highest BCUT2D eigenvalue weighted by Crippen LogP contribution is 2.21. The lowest BCUT2D eigenvalue weighted by molar-refractivity contribution is -0.130. The zero-order valence-corrected chi connectivity index (χ0v) is 13.5. The van der Waals surface area contributed by atoms with E-state index in [0.717, 1.165) is 23.2 Å². The summed E-state index contributed by atoms with van der Waals surface area (Å²) in [6.07, 6.45) is 0.781. The van der Waals surface area contributed by atoms with E-state index in [9.17, 15) is 9.59 Å². The van der Waals surface area contributed by atoms with Crippen LogP contribution in [0.15, 0.2) is 5.10 Å². The van der Waals surface area contributed by atoms with Gasteiger partial charge in [-0.1, -0.05) is 11.3 Å². The SMILES string of the molecule is Cc1nnc(N2CCN(C(=O)C3=NN(C)C(=O)CC3)CC2)s1. The summed E-state index contributed by atoms with van der Waals surface area (Å²) in [5.74, 6) is -0.111. The van der Waals surface area contributed by atoms with Gasteiger partial charge in [0.1, 0.15) is 10.7 Å². The molecule has 0 bridgehead atoms. The largest absolute Gasteiger partial charge is 0.343 e. The Kier molecular flexibility index (Phi) is 4.06. The number of piperazine rings is 1. The Morgan fingerprint density at radius 1 is 1.14 bits per heavy atom. The number of aromatic nitrogens is 2. The lowest BCUT2D eigenvalue weighted by atomic mass is 10.1. The number of hydrogen-bond acceptors (Lipinski definition) is 7. The molecule has 2 aliphatic rings. The van der Waals surface area contributed by atoms with Crippen molar-refractivity contribution in [2.75, 3.05) is 38.1 Å². The van der Waals surface area contributed by atoms with Crippen molar-refractivity contribution >= 4 is 34.0 Å². The highest BCUT2D eigenvalue weighted by molar-refractivity contribution is 7.15. The van der Waals surface area contributed by atoms with E-state index in [0.29, 0.717) is 31.6 Å². The molecule has 2 amide bonds. The molecule has 0 radical (unpaired) electrons. The van der Waals surface area contributed by atoms with Crippen molar-refractivity contribution in [3.63, 3.8) is 0 Å². The number of nitrogens with zero attached hydrogens (tertiary/aromatic N) is 6. The highest BCUT2D eigenvalue weighted by atomic mass is 32.1. The normalized spacial score (nSPS) is 19.5. The maximum atomic E-state index is 12.5. The molecule has 2 aliphatic heterocycles. The van der Waals surface area contributed by atoms with Crippen LogP contribution in [-0.4, -0.2) is 70.9 Å². The summed E-state index contributed by atoms with van der Waals surface area (Å²) in [7, 11) is 1.59. The summed E-state index contributed by atoms with van der Waals surface area (Å²) in [5.41, 5.74) is 0.474. The fourth-order valence-electron chi connectivity index (χ4n) is 2.52. The Morgan fingerprint density at radius 2 is 1.86 bits per heavy atom. The predicted octanol–water partition coefficient (Wildman–Crippen LogP) is 0.103. The first-order chi connectivity index (χ1) is 10.5. The summed E-state index contributed by atoms with van der Waals surface area (Å²) >= 11 is 1.56. The molecular formula is C13H18N6O2S. The molecule has 0 aliphatic carbocycles. The highest BCUT2D eigenvalue weighted by Gasteiger charge is 2.28. The minimum absolute atomic E-state index is 0.0481. The number of hydrogen-bond donors (Lipinski definition) is 0. The Hall–Kier alpha value is -2.03. The number of rotatable bonds is 2. The Labute approximate surface area is 132 Å². The lowest BCUT2D eigenvalue weighted by Crippen LogP contribution is -2.51. The van der Waals surface area contributed by atoms with Crippen molar-refractivity contribution in [3.05, 3.63) is 5.01 Å². The molecule has 0 aromatic carbocycles. The summed E-state index contributed by atoms with van der Waals surface area (Å²) in [4.78, 5) is 27.8. The van der Waals surface area contributed by atoms with Crippen molar-refractivity contribution < 1.29 is 9.59 Å². The molecule has 0 saturated carbocycles. The van der Waals surface area contributed by atoms with Gasteiger partial charge in [0, 0.05) is 46.1 Å². The third-order valence-corrected chi connectivity index (χ3v) is 4.71. The quantitative estimate of drug-likeness (QED) is 0.771. The number of anilines is 1. The molecular weight excluding hydrogens is 304 g/mol. The van der Waals surface area contributed by atoms with E-state index in [2.05, 4.69) is 20.2 Å². The molecule has 0 atom stereocenters. The molecule has 9 heteroatoms. The minimum Gasteiger partial charge on any atom is -0.343 e. The van der Waals surface area contributed by atoms with Gasteiger partial charge < -0.3 is 9.80 Å². The molecule has 22 heavy (non-hydrogen) atoms. The van der Waals surface area contributed by atoms with Crippen molar-refractivity contribution in [2.24, 2.45) is 5.10 Å². The minimum atomic E-state index is -0.0626.